The van der Waals surface area contributed by atoms with Gasteiger partial charge in [-0.3, -0.25) is 4.98 Å². The Morgan fingerprint density at radius 2 is 1.50 bits per heavy atom. The topological polar surface area (TPSA) is 38.7 Å². The van der Waals surface area contributed by atoms with Gasteiger partial charge >= 0.3 is 0 Å². The lowest BCUT2D eigenvalue weighted by atomic mass is 9.75. The minimum atomic E-state index is 0.0398. The van der Waals surface area contributed by atoms with Crippen molar-refractivity contribution in [2.75, 3.05) is 0 Å². The van der Waals surface area contributed by atoms with E-state index >= 15 is 0 Å². The second-order valence-electron chi connectivity index (χ2n) is 6.80. The molecular formula is C15H21N3. The van der Waals surface area contributed by atoms with Crippen molar-refractivity contribution in [3.8, 4) is 0 Å². The van der Waals surface area contributed by atoms with Gasteiger partial charge in [-0.1, -0.05) is 41.5 Å². The average Bonchev–Trinajstić information content (AvgIpc) is 2.24. The molecule has 0 bridgehead atoms. The highest BCUT2D eigenvalue weighted by atomic mass is 14.9. The number of nitrogens with zero attached hydrogens (tertiary/aromatic N) is 3. The summed E-state index contributed by atoms with van der Waals surface area (Å²) in [6.07, 6.45) is 5.36. The molecule has 0 fully saturated rings. The number of fused-ring (bicyclic) bond motifs is 1. The summed E-state index contributed by atoms with van der Waals surface area (Å²) in [5.41, 5.74) is 4.50. The molecule has 0 aliphatic heterocycles. The minimum Gasteiger partial charge on any atom is -0.253 e. The van der Waals surface area contributed by atoms with Crippen molar-refractivity contribution in [2.45, 2.75) is 52.4 Å². The fourth-order valence-electron chi connectivity index (χ4n) is 2.26. The third-order valence-electron chi connectivity index (χ3n) is 3.09. The molecule has 0 saturated carbocycles. The number of hydrogen-bond acceptors (Lipinski definition) is 3. The normalized spacial score (nSPS) is 13.0. The van der Waals surface area contributed by atoms with Crippen molar-refractivity contribution in [2.24, 2.45) is 0 Å². The van der Waals surface area contributed by atoms with Crippen LogP contribution in [0.3, 0.4) is 0 Å². The predicted molar refractivity (Wildman–Crippen MR) is 74.7 cm³/mol. The lowest BCUT2D eigenvalue weighted by Crippen LogP contribution is -2.23. The van der Waals surface area contributed by atoms with E-state index < -0.39 is 0 Å². The summed E-state index contributed by atoms with van der Waals surface area (Å²) in [4.78, 5) is 13.0. The molecule has 2 heterocycles. The molecule has 0 atom stereocenters. The maximum absolute atomic E-state index is 4.50. The molecule has 3 nitrogen and oxygen atoms in total. The molecule has 0 unspecified atom stereocenters. The van der Waals surface area contributed by atoms with Crippen LogP contribution in [0.25, 0.3) is 11.0 Å². The van der Waals surface area contributed by atoms with Gasteiger partial charge in [-0.2, -0.15) is 0 Å². The molecule has 0 aliphatic carbocycles. The first-order valence-electron chi connectivity index (χ1n) is 6.31. The molecular weight excluding hydrogens is 222 g/mol. The third kappa shape index (κ3) is 2.22. The molecule has 0 amide bonds. The maximum atomic E-state index is 4.50. The summed E-state index contributed by atoms with van der Waals surface area (Å²) < 4.78 is 0. The van der Waals surface area contributed by atoms with Crippen LogP contribution in [0.1, 0.15) is 52.7 Å². The molecule has 0 radical (unpaired) electrons. The molecule has 0 aromatic carbocycles. The Hall–Kier alpha value is -1.51. The summed E-state index contributed by atoms with van der Waals surface area (Å²) in [5, 5.41) is 0. The first kappa shape index (κ1) is 12.9. The molecule has 2 aromatic rings. The van der Waals surface area contributed by atoms with Gasteiger partial charge in [0.2, 0.25) is 0 Å². The van der Waals surface area contributed by atoms with Gasteiger partial charge in [0.1, 0.15) is 11.8 Å². The molecule has 0 N–H and O–H groups in total. The maximum Gasteiger partial charge on any atom is 0.116 e. The van der Waals surface area contributed by atoms with E-state index in [0.717, 1.165) is 11.0 Å². The van der Waals surface area contributed by atoms with Crippen molar-refractivity contribution >= 4 is 11.0 Å². The van der Waals surface area contributed by atoms with Crippen molar-refractivity contribution in [1.82, 2.24) is 15.0 Å². The Bertz CT molecular complexity index is 574. The molecule has 0 saturated heterocycles. The van der Waals surface area contributed by atoms with Crippen molar-refractivity contribution in [1.29, 1.82) is 0 Å². The van der Waals surface area contributed by atoms with Crippen molar-refractivity contribution in [3.63, 3.8) is 0 Å². The molecule has 0 spiro atoms. The molecule has 96 valence electrons. The van der Waals surface area contributed by atoms with E-state index in [2.05, 4.69) is 56.5 Å². The van der Waals surface area contributed by atoms with Crippen LogP contribution in [0.15, 0.2) is 18.7 Å². The fourth-order valence-corrected chi connectivity index (χ4v) is 2.26. The summed E-state index contributed by atoms with van der Waals surface area (Å²) >= 11 is 0. The zero-order valence-corrected chi connectivity index (χ0v) is 12.1. The predicted octanol–water partition coefficient (Wildman–Crippen LogP) is 3.62. The third-order valence-corrected chi connectivity index (χ3v) is 3.09. The highest BCUT2D eigenvalue weighted by molar-refractivity contribution is 5.79. The highest BCUT2D eigenvalue weighted by Gasteiger charge is 2.28. The van der Waals surface area contributed by atoms with Crippen LogP contribution in [-0.4, -0.2) is 15.0 Å². The Morgan fingerprint density at radius 3 is 2.06 bits per heavy atom. The van der Waals surface area contributed by atoms with Crippen LogP contribution in [0.4, 0.5) is 0 Å². The van der Waals surface area contributed by atoms with E-state index in [0.29, 0.717) is 0 Å². The Morgan fingerprint density at radius 1 is 0.833 bits per heavy atom. The van der Waals surface area contributed by atoms with Gasteiger partial charge in [0.05, 0.1) is 11.7 Å². The SMILES string of the molecule is CC(C)(C)c1cnc2cncnc2c1C(C)(C)C. The van der Waals surface area contributed by atoms with E-state index in [4.69, 9.17) is 0 Å². The summed E-state index contributed by atoms with van der Waals surface area (Å²) in [7, 11) is 0. The fraction of sp³-hybridized carbons (Fsp3) is 0.533. The smallest absolute Gasteiger partial charge is 0.116 e. The second-order valence-corrected chi connectivity index (χ2v) is 6.80. The number of hydrogen-bond donors (Lipinski definition) is 0. The number of pyridine rings is 1. The van der Waals surface area contributed by atoms with Crippen LogP contribution < -0.4 is 0 Å². The molecule has 18 heavy (non-hydrogen) atoms. The van der Waals surface area contributed by atoms with Gasteiger partial charge in [-0.05, 0) is 22.0 Å². The lowest BCUT2D eigenvalue weighted by molar-refractivity contribution is 0.531. The van der Waals surface area contributed by atoms with Gasteiger partial charge in [0, 0.05) is 6.20 Å². The Kier molecular flexibility index (Phi) is 2.88. The lowest BCUT2D eigenvalue weighted by Gasteiger charge is -2.30. The van der Waals surface area contributed by atoms with Gasteiger partial charge in [-0.15, -0.1) is 0 Å². The van der Waals surface area contributed by atoms with Crippen LogP contribution in [0.5, 0.6) is 0 Å². The quantitative estimate of drug-likeness (QED) is 0.709. The zero-order valence-electron chi connectivity index (χ0n) is 12.1. The zero-order chi connectivity index (χ0) is 13.6. The van der Waals surface area contributed by atoms with E-state index in [1.165, 1.54) is 11.1 Å². The van der Waals surface area contributed by atoms with Crippen molar-refractivity contribution < 1.29 is 0 Å². The largest absolute Gasteiger partial charge is 0.253 e. The van der Waals surface area contributed by atoms with E-state index in [1.54, 1.807) is 12.5 Å². The van der Waals surface area contributed by atoms with Crippen LogP contribution >= 0.6 is 0 Å². The van der Waals surface area contributed by atoms with Gasteiger partial charge in [-0.25, -0.2) is 9.97 Å². The van der Waals surface area contributed by atoms with Gasteiger partial charge < -0.3 is 0 Å². The minimum absolute atomic E-state index is 0.0398. The Labute approximate surface area is 109 Å². The van der Waals surface area contributed by atoms with E-state index in [-0.39, 0.29) is 10.8 Å². The van der Waals surface area contributed by atoms with Crippen LogP contribution in [0.2, 0.25) is 0 Å². The second kappa shape index (κ2) is 4.01. The van der Waals surface area contributed by atoms with Crippen molar-refractivity contribution in [3.05, 3.63) is 29.8 Å². The van der Waals surface area contributed by atoms with Crippen LogP contribution in [-0.2, 0) is 10.8 Å². The van der Waals surface area contributed by atoms with E-state index in [9.17, 15) is 0 Å². The summed E-state index contributed by atoms with van der Waals surface area (Å²) in [6.45, 7) is 13.3. The first-order valence-corrected chi connectivity index (χ1v) is 6.31. The summed E-state index contributed by atoms with van der Waals surface area (Å²) in [5.74, 6) is 0. The Balaban J connectivity index is 2.89. The number of rotatable bonds is 0. The van der Waals surface area contributed by atoms with Gasteiger partial charge in [0.15, 0.2) is 0 Å². The molecule has 0 aliphatic rings. The highest BCUT2D eigenvalue weighted by Crippen LogP contribution is 2.36. The molecule has 3 heteroatoms. The van der Waals surface area contributed by atoms with Crippen LogP contribution in [0, 0.1) is 0 Å². The molecule has 2 rings (SSSR count). The van der Waals surface area contributed by atoms with E-state index in [1.807, 2.05) is 6.20 Å². The first-order chi connectivity index (χ1) is 8.21. The van der Waals surface area contributed by atoms with Gasteiger partial charge in [0.25, 0.3) is 0 Å². The average molecular weight is 243 g/mol. The number of aromatic nitrogens is 3. The standard InChI is InChI=1S/C15H21N3/c1-14(2,3)10-7-17-11-8-16-9-18-13(11)12(10)15(4,5)6/h7-9H,1-6H3. The summed E-state index contributed by atoms with van der Waals surface area (Å²) in [6, 6.07) is 0. The monoisotopic (exact) mass is 243 g/mol. The molecule has 2 aromatic heterocycles.